The summed E-state index contributed by atoms with van der Waals surface area (Å²) in [6.45, 7) is 6.19. The minimum absolute atomic E-state index is 0.106. The monoisotopic (exact) mass is 260 g/mol. The Hall–Kier alpha value is -1.84. The third-order valence-electron chi connectivity index (χ3n) is 4.04. The highest BCUT2D eigenvalue weighted by atomic mass is 16.2. The summed E-state index contributed by atoms with van der Waals surface area (Å²) in [5, 5.41) is 2.84. The smallest absolute Gasteiger partial charge is 0.323 e. The van der Waals surface area contributed by atoms with Gasteiger partial charge in [-0.05, 0) is 30.9 Å². The fourth-order valence-corrected chi connectivity index (χ4v) is 2.51. The van der Waals surface area contributed by atoms with E-state index in [2.05, 4.69) is 5.32 Å². The van der Waals surface area contributed by atoms with Gasteiger partial charge in [0.2, 0.25) is 0 Å². The van der Waals surface area contributed by atoms with E-state index in [4.69, 9.17) is 0 Å². The van der Waals surface area contributed by atoms with E-state index in [0.717, 1.165) is 11.1 Å². The number of amides is 3. The molecule has 1 aliphatic rings. The lowest BCUT2D eigenvalue weighted by Crippen LogP contribution is -2.45. The second-order valence-corrected chi connectivity index (χ2v) is 5.04. The van der Waals surface area contributed by atoms with Gasteiger partial charge in [-0.3, -0.25) is 9.69 Å². The van der Waals surface area contributed by atoms with Crippen LogP contribution in [0.15, 0.2) is 24.3 Å². The summed E-state index contributed by atoms with van der Waals surface area (Å²) in [5.41, 5.74) is 1.39. The van der Waals surface area contributed by atoms with Gasteiger partial charge in [0.05, 0.1) is 6.54 Å². The Bertz CT molecular complexity index is 507. The quantitative estimate of drug-likeness (QED) is 0.846. The Labute approximate surface area is 113 Å². The molecule has 4 nitrogen and oxygen atoms in total. The van der Waals surface area contributed by atoms with Crippen LogP contribution in [0.1, 0.15) is 37.8 Å². The minimum atomic E-state index is -0.709. The van der Waals surface area contributed by atoms with E-state index in [1.165, 1.54) is 4.90 Å². The second kappa shape index (κ2) is 5.03. The summed E-state index contributed by atoms with van der Waals surface area (Å²) >= 11 is 0. The molecule has 1 fully saturated rings. The highest BCUT2D eigenvalue weighted by molar-refractivity contribution is 6.06. The van der Waals surface area contributed by atoms with E-state index < -0.39 is 5.54 Å². The van der Waals surface area contributed by atoms with E-state index >= 15 is 0 Å². The zero-order valence-corrected chi connectivity index (χ0v) is 11.7. The molecule has 1 saturated heterocycles. The molecule has 3 amide bonds. The molecule has 0 spiro atoms. The molecular formula is C15H20N2O2. The van der Waals surface area contributed by atoms with E-state index in [1.807, 2.05) is 45.0 Å². The highest BCUT2D eigenvalue weighted by Gasteiger charge is 2.48. The Morgan fingerprint density at radius 3 is 2.32 bits per heavy atom. The molecule has 4 heteroatoms. The van der Waals surface area contributed by atoms with Crippen molar-refractivity contribution >= 4 is 11.9 Å². The third-order valence-corrected chi connectivity index (χ3v) is 4.04. The average Bonchev–Trinajstić information content (AvgIpc) is 2.66. The number of nitrogens with zero attached hydrogens (tertiary/aromatic N) is 1. The number of carbonyl (C=O) groups is 2. The Morgan fingerprint density at radius 2 is 1.79 bits per heavy atom. The first-order chi connectivity index (χ1) is 9.04. The van der Waals surface area contributed by atoms with Gasteiger partial charge in [-0.2, -0.15) is 0 Å². The van der Waals surface area contributed by atoms with Crippen LogP contribution in [0.5, 0.6) is 0 Å². The first-order valence-corrected chi connectivity index (χ1v) is 6.72. The topological polar surface area (TPSA) is 49.4 Å². The highest BCUT2D eigenvalue weighted by Crippen LogP contribution is 2.26. The van der Waals surface area contributed by atoms with Crippen molar-refractivity contribution in [2.75, 3.05) is 0 Å². The van der Waals surface area contributed by atoms with Crippen molar-refractivity contribution < 1.29 is 9.59 Å². The molecule has 102 valence electrons. The molecule has 1 N–H and O–H groups in total. The van der Waals surface area contributed by atoms with Gasteiger partial charge in [0.1, 0.15) is 5.54 Å². The maximum absolute atomic E-state index is 12.5. The Balaban J connectivity index is 2.25. The molecule has 0 bridgehead atoms. The number of hydrogen-bond acceptors (Lipinski definition) is 2. The van der Waals surface area contributed by atoms with Gasteiger partial charge in [-0.15, -0.1) is 0 Å². The van der Waals surface area contributed by atoms with Crippen LogP contribution in [-0.4, -0.2) is 22.4 Å². The maximum Gasteiger partial charge on any atom is 0.325 e. The van der Waals surface area contributed by atoms with E-state index in [0.29, 0.717) is 19.4 Å². The standard InChI is InChI=1S/C15H20N2O2/c1-4-15(5-2)13(18)17(14(19)16-15)10-12-9-7-6-8-11(12)3/h6-9H,4-5,10H2,1-3H3,(H,16,19). The van der Waals surface area contributed by atoms with Crippen molar-refractivity contribution in [2.24, 2.45) is 0 Å². The summed E-state index contributed by atoms with van der Waals surface area (Å²) in [4.78, 5) is 25.8. The van der Waals surface area contributed by atoms with Crippen molar-refractivity contribution in [2.45, 2.75) is 45.7 Å². The number of rotatable bonds is 4. The predicted octanol–water partition coefficient (Wildman–Crippen LogP) is 2.61. The third kappa shape index (κ3) is 2.23. The van der Waals surface area contributed by atoms with Crippen molar-refractivity contribution in [3.05, 3.63) is 35.4 Å². The molecule has 19 heavy (non-hydrogen) atoms. The lowest BCUT2D eigenvalue weighted by atomic mass is 9.93. The van der Waals surface area contributed by atoms with Crippen molar-refractivity contribution in [3.63, 3.8) is 0 Å². The van der Waals surface area contributed by atoms with Crippen LogP contribution in [0.2, 0.25) is 0 Å². The van der Waals surface area contributed by atoms with Gasteiger partial charge in [0, 0.05) is 0 Å². The van der Waals surface area contributed by atoms with Gasteiger partial charge >= 0.3 is 6.03 Å². The van der Waals surface area contributed by atoms with Gasteiger partial charge in [0.25, 0.3) is 5.91 Å². The van der Waals surface area contributed by atoms with Crippen molar-refractivity contribution in [1.29, 1.82) is 0 Å². The lowest BCUT2D eigenvalue weighted by Gasteiger charge is -2.23. The van der Waals surface area contributed by atoms with E-state index in [1.54, 1.807) is 0 Å². The number of hydrogen-bond donors (Lipinski definition) is 1. The molecular weight excluding hydrogens is 240 g/mol. The fourth-order valence-electron chi connectivity index (χ4n) is 2.51. The van der Waals surface area contributed by atoms with Crippen LogP contribution in [0, 0.1) is 6.92 Å². The number of benzene rings is 1. The van der Waals surface area contributed by atoms with Gasteiger partial charge < -0.3 is 5.32 Å². The summed E-state index contributed by atoms with van der Waals surface area (Å²) in [5.74, 6) is -0.106. The van der Waals surface area contributed by atoms with E-state index in [-0.39, 0.29) is 11.9 Å². The SMILES string of the molecule is CCC1(CC)NC(=O)N(Cc2ccccc2C)C1=O. The largest absolute Gasteiger partial charge is 0.325 e. The molecule has 1 aromatic carbocycles. The number of nitrogens with one attached hydrogen (secondary N) is 1. The van der Waals surface area contributed by atoms with Gasteiger partial charge in [-0.25, -0.2) is 4.79 Å². The Kier molecular flexibility index (Phi) is 3.60. The molecule has 1 heterocycles. The first kappa shape index (κ1) is 13.6. The van der Waals surface area contributed by atoms with Crippen LogP contribution in [0.4, 0.5) is 4.79 Å². The minimum Gasteiger partial charge on any atom is -0.323 e. The second-order valence-electron chi connectivity index (χ2n) is 5.04. The average molecular weight is 260 g/mol. The Morgan fingerprint density at radius 1 is 1.16 bits per heavy atom. The maximum atomic E-state index is 12.5. The molecule has 1 aliphatic heterocycles. The molecule has 0 aliphatic carbocycles. The fraction of sp³-hybridized carbons (Fsp3) is 0.467. The molecule has 1 aromatic rings. The van der Waals surface area contributed by atoms with Crippen LogP contribution in [0.25, 0.3) is 0 Å². The van der Waals surface area contributed by atoms with Crippen molar-refractivity contribution in [3.8, 4) is 0 Å². The molecule has 0 radical (unpaired) electrons. The summed E-state index contributed by atoms with van der Waals surface area (Å²) in [6.07, 6.45) is 1.25. The molecule has 0 saturated carbocycles. The summed E-state index contributed by atoms with van der Waals surface area (Å²) in [6, 6.07) is 7.53. The molecule has 0 unspecified atom stereocenters. The van der Waals surface area contributed by atoms with Crippen LogP contribution in [-0.2, 0) is 11.3 Å². The first-order valence-electron chi connectivity index (χ1n) is 6.72. The number of urea groups is 1. The zero-order valence-electron chi connectivity index (χ0n) is 11.7. The van der Waals surface area contributed by atoms with Crippen LogP contribution in [0.3, 0.4) is 0 Å². The normalized spacial score (nSPS) is 17.7. The molecule has 2 rings (SSSR count). The van der Waals surface area contributed by atoms with Crippen LogP contribution >= 0.6 is 0 Å². The van der Waals surface area contributed by atoms with Gasteiger partial charge in [-0.1, -0.05) is 38.1 Å². The van der Waals surface area contributed by atoms with Crippen molar-refractivity contribution in [1.82, 2.24) is 10.2 Å². The van der Waals surface area contributed by atoms with E-state index in [9.17, 15) is 9.59 Å². The number of carbonyl (C=O) groups excluding carboxylic acids is 2. The van der Waals surface area contributed by atoms with Crippen LogP contribution < -0.4 is 5.32 Å². The zero-order chi connectivity index (χ0) is 14.0. The number of aryl methyl sites for hydroxylation is 1. The predicted molar refractivity (Wildman–Crippen MR) is 73.6 cm³/mol. The number of imide groups is 1. The summed E-state index contributed by atoms with van der Waals surface area (Å²) in [7, 11) is 0. The lowest BCUT2D eigenvalue weighted by molar-refractivity contribution is -0.132. The summed E-state index contributed by atoms with van der Waals surface area (Å²) < 4.78 is 0. The molecule has 0 atom stereocenters. The molecule has 0 aromatic heterocycles. The van der Waals surface area contributed by atoms with Gasteiger partial charge in [0.15, 0.2) is 0 Å².